The largest absolute Gasteiger partial charge is 0.490 e. The highest BCUT2D eigenvalue weighted by Crippen LogP contribution is 2.19. The van der Waals surface area contributed by atoms with Gasteiger partial charge in [0.2, 0.25) is 0 Å². The van der Waals surface area contributed by atoms with Crippen molar-refractivity contribution in [2.24, 2.45) is 0 Å². The summed E-state index contributed by atoms with van der Waals surface area (Å²) in [5, 5.41) is 2.80. The van der Waals surface area contributed by atoms with Gasteiger partial charge in [-0.3, -0.25) is 25.2 Å². The summed E-state index contributed by atoms with van der Waals surface area (Å²) in [4.78, 5) is 37.3. The molecule has 0 aliphatic carbocycles. The first-order valence-electron chi connectivity index (χ1n) is 10.2. The second kappa shape index (κ2) is 10.3. The zero-order valence-corrected chi connectivity index (χ0v) is 18.1. The average Bonchev–Trinajstić information content (AvgIpc) is 2.78. The van der Waals surface area contributed by atoms with Gasteiger partial charge in [0.15, 0.2) is 0 Å². The van der Waals surface area contributed by atoms with E-state index < -0.39 is 11.8 Å². The summed E-state index contributed by atoms with van der Waals surface area (Å²) in [7, 11) is 0. The maximum absolute atomic E-state index is 12.5. The predicted molar refractivity (Wildman–Crippen MR) is 123 cm³/mol. The molecule has 3 N–H and O–H groups in total. The SMILES string of the molecule is Cc1ccccc1C(=O)Nc1ccc(C(=O)NNC(=O)c2ccccc2OC(C)C)cc1. The van der Waals surface area contributed by atoms with Gasteiger partial charge in [-0.15, -0.1) is 0 Å². The van der Waals surface area contributed by atoms with Gasteiger partial charge >= 0.3 is 0 Å². The topological polar surface area (TPSA) is 96.5 Å². The van der Waals surface area contributed by atoms with Gasteiger partial charge in [-0.05, 0) is 68.8 Å². The molecule has 3 aromatic rings. The van der Waals surface area contributed by atoms with E-state index in [1.54, 1.807) is 60.7 Å². The third-order valence-electron chi connectivity index (χ3n) is 4.58. The normalized spacial score (nSPS) is 10.4. The zero-order chi connectivity index (χ0) is 23.1. The molecule has 0 radical (unpaired) electrons. The molecule has 164 valence electrons. The summed E-state index contributed by atoms with van der Waals surface area (Å²) in [5.41, 5.74) is 7.44. The highest BCUT2D eigenvalue weighted by atomic mass is 16.5. The molecule has 0 spiro atoms. The molecule has 0 aromatic heterocycles. The maximum Gasteiger partial charge on any atom is 0.273 e. The maximum atomic E-state index is 12.5. The number of rotatable bonds is 6. The first-order valence-corrected chi connectivity index (χ1v) is 10.2. The van der Waals surface area contributed by atoms with Crippen LogP contribution >= 0.6 is 0 Å². The van der Waals surface area contributed by atoms with Gasteiger partial charge in [0.05, 0.1) is 11.7 Å². The van der Waals surface area contributed by atoms with E-state index in [0.29, 0.717) is 28.1 Å². The Bertz CT molecular complexity index is 1120. The number of hydrogen-bond donors (Lipinski definition) is 3. The van der Waals surface area contributed by atoms with Crippen LogP contribution < -0.4 is 20.9 Å². The molecule has 3 amide bonds. The van der Waals surface area contributed by atoms with Gasteiger partial charge < -0.3 is 10.1 Å². The summed E-state index contributed by atoms with van der Waals surface area (Å²) in [6, 6.07) is 20.5. The number of hydrazine groups is 1. The van der Waals surface area contributed by atoms with Gasteiger partial charge in [0.25, 0.3) is 17.7 Å². The number of para-hydroxylation sites is 1. The highest BCUT2D eigenvalue weighted by Gasteiger charge is 2.15. The van der Waals surface area contributed by atoms with E-state index in [4.69, 9.17) is 4.74 Å². The summed E-state index contributed by atoms with van der Waals surface area (Å²) < 4.78 is 5.63. The van der Waals surface area contributed by atoms with Gasteiger partial charge in [0.1, 0.15) is 5.75 Å². The summed E-state index contributed by atoms with van der Waals surface area (Å²) in [6.07, 6.45) is -0.0941. The number of carbonyl (C=O) groups is 3. The fourth-order valence-electron chi connectivity index (χ4n) is 2.99. The van der Waals surface area contributed by atoms with Crippen LogP contribution in [0.25, 0.3) is 0 Å². The lowest BCUT2D eigenvalue weighted by Crippen LogP contribution is -2.41. The molecule has 0 bridgehead atoms. The van der Waals surface area contributed by atoms with Crippen LogP contribution in [0.15, 0.2) is 72.8 Å². The lowest BCUT2D eigenvalue weighted by molar-refractivity contribution is 0.0843. The molecular formula is C25H25N3O4. The van der Waals surface area contributed by atoms with Gasteiger partial charge in [-0.2, -0.15) is 0 Å². The number of ether oxygens (including phenoxy) is 1. The van der Waals surface area contributed by atoms with Crippen molar-refractivity contribution in [3.05, 3.63) is 95.1 Å². The molecule has 0 heterocycles. The smallest absolute Gasteiger partial charge is 0.273 e. The van der Waals surface area contributed by atoms with Crippen molar-refractivity contribution in [2.75, 3.05) is 5.32 Å². The molecule has 0 aliphatic heterocycles. The Morgan fingerprint density at radius 3 is 1.97 bits per heavy atom. The molecule has 0 atom stereocenters. The molecule has 7 nitrogen and oxygen atoms in total. The number of nitrogens with one attached hydrogen (secondary N) is 3. The van der Waals surface area contributed by atoms with E-state index in [0.717, 1.165) is 5.56 Å². The molecule has 32 heavy (non-hydrogen) atoms. The van der Waals surface area contributed by atoms with Crippen LogP contribution in [0.2, 0.25) is 0 Å². The Morgan fingerprint density at radius 1 is 0.719 bits per heavy atom. The highest BCUT2D eigenvalue weighted by molar-refractivity contribution is 6.05. The third kappa shape index (κ3) is 5.72. The second-order valence-corrected chi connectivity index (χ2v) is 7.42. The predicted octanol–water partition coefficient (Wildman–Crippen LogP) is 4.11. The average molecular weight is 431 g/mol. The van der Waals surface area contributed by atoms with Crippen LogP contribution in [0.1, 0.15) is 50.5 Å². The lowest BCUT2D eigenvalue weighted by atomic mass is 10.1. The van der Waals surface area contributed by atoms with Crippen molar-refractivity contribution in [3.8, 4) is 5.75 Å². The van der Waals surface area contributed by atoms with Gasteiger partial charge in [-0.1, -0.05) is 30.3 Å². The monoisotopic (exact) mass is 431 g/mol. The fraction of sp³-hybridized carbons (Fsp3) is 0.160. The Morgan fingerprint density at radius 2 is 1.31 bits per heavy atom. The standard InChI is InChI=1S/C25H25N3O4/c1-16(2)32-22-11-7-6-10-21(22)25(31)28-27-23(29)18-12-14-19(15-13-18)26-24(30)20-9-5-4-8-17(20)3/h4-16H,1-3H3,(H,26,30)(H,27,29)(H,28,31). The van der Waals surface area contributed by atoms with E-state index in [-0.39, 0.29) is 12.0 Å². The summed E-state index contributed by atoms with van der Waals surface area (Å²) in [6.45, 7) is 5.59. The van der Waals surface area contributed by atoms with Crippen molar-refractivity contribution in [2.45, 2.75) is 26.9 Å². The lowest BCUT2D eigenvalue weighted by Gasteiger charge is -2.14. The number of hydrogen-bond acceptors (Lipinski definition) is 4. The van der Waals surface area contributed by atoms with Crippen LogP contribution in [0, 0.1) is 6.92 Å². The van der Waals surface area contributed by atoms with E-state index >= 15 is 0 Å². The number of anilines is 1. The Hall–Kier alpha value is -4.13. The molecule has 0 saturated carbocycles. The van der Waals surface area contributed by atoms with E-state index in [1.165, 1.54) is 0 Å². The van der Waals surface area contributed by atoms with E-state index in [2.05, 4.69) is 16.2 Å². The Labute approximate surface area is 186 Å². The number of aryl methyl sites for hydroxylation is 1. The molecule has 3 rings (SSSR count). The summed E-state index contributed by atoms with van der Waals surface area (Å²) in [5.74, 6) is -0.771. The van der Waals surface area contributed by atoms with Crippen LogP contribution in [-0.2, 0) is 0 Å². The number of benzene rings is 3. The molecule has 3 aromatic carbocycles. The van der Waals surface area contributed by atoms with E-state index in [9.17, 15) is 14.4 Å². The minimum Gasteiger partial charge on any atom is -0.490 e. The Kier molecular flexibility index (Phi) is 7.23. The second-order valence-electron chi connectivity index (χ2n) is 7.42. The zero-order valence-electron chi connectivity index (χ0n) is 18.1. The van der Waals surface area contributed by atoms with Crippen molar-refractivity contribution in [3.63, 3.8) is 0 Å². The third-order valence-corrected chi connectivity index (χ3v) is 4.58. The van der Waals surface area contributed by atoms with Gasteiger partial charge in [0, 0.05) is 16.8 Å². The van der Waals surface area contributed by atoms with Crippen LogP contribution in [-0.4, -0.2) is 23.8 Å². The van der Waals surface area contributed by atoms with Crippen molar-refractivity contribution in [1.29, 1.82) is 0 Å². The van der Waals surface area contributed by atoms with Crippen LogP contribution in [0.3, 0.4) is 0 Å². The molecule has 0 fully saturated rings. The van der Waals surface area contributed by atoms with Gasteiger partial charge in [-0.25, -0.2) is 0 Å². The minimum absolute atomic E-state index is 0.0941. The first kappa shape index (κ1) is 22.6. The quantitative estimate of drug-likeness (QED) is 0.512. The molecule has 0 aliphatic rings. The van der Waals surface area contributed by atoms with Crippen LogP contribution in [0.5, 0.6) is 5.75 Å². The fourth-order valence-corrected chi connectivity index (χ4v) is 2.99. The molecule has 0 saturated heterocycles. The van der Waals surface area contributed by atoms with Crippen molar-refractivity contribution in [1.82, 2.24) is 10.9 Å². The Balaban J connectivity index is 1.59. The number of amides is 3. The molecule has 0 unspecified atom stereocenters. The van der Waals surface area contributed by atoms with Crippen molar-refractivity contribution < 1.29 is 19.1 Å². The minimum atomic E-state index is -0.489. The molecular weight excluding hydrogens is 406 g/mol. The molecule has 7 heteroatoms. The summed E-state index contributed by atoms with van der Waals surface area (Å²) >= 11 is 0. The van der Waals surface area contributed by atoms with Crippen LogP contribution in [0.4, 0.5) is 5.69 Å². The van der Waals surface area contributed by atoms with Crippen molar-refractivity contribution >= 4 is 23.4 Å². The van der Waals surface area contributed by atoms with E-state index in [1.807, 2.05) is 32.9 Å². The number of carbonyl (C=O) groups excluding carboxylic acids is 3. The first-order chi connectivity index (χ1) is 15.3.